The second-order valence-corrected chi connectivity index (χ2v) is 5.57. The van der Waals surface area contributed by atoms with Crippen molar-refractivity contribution in [3.8, 4) is 5.75 Å². The third-order valence-corrected chi connectivity index (χ3v) is 3.26. The maximum Gasteiger partial charge on any atom is 0.321 e. The summed E-state index contributed by atoms with van der Waals surface area (Å²) in [5.41, 5.74) is 1.67. The quantitative estimate of drug-likeness (QED) is 0.907. The van der Waals surface area contributed by atoms with Crippen molar-refractivity contribution in [2.24, 2.45) is 0 Å². The molecule has 0 aliphatic heterocycles. The van der Waals surface area contributed by atoms with E-state index in [1.165, 1.54) is 12.1 Å². The van der Waals surface area contributed by atoms with E-state index in [2.05, 4.69) is 5.32 Å². The predicted molar refractivity (Wildman–Crippen MR) is 89.2 cm³/mol. The van der Waals surface area contributed by atoms with Crippen LogP contribution in [0.1, 0.15) is 19.4 Å². The number of carbonyl (C=O) groups excluding carboxylic acids is 1. The summed E-state index contributed by atoms with van der Waals surface area (Å²) < 4.78 is 18.5. The number of halogens is 1. The molecule has 2 aromatic carbocycles. The van der Waals surface area contributed by atoms with E-state index in [9.17, 15) is 9.18 Å². The largest absolute Gasteiger partial charge is 0.489 e. The summed E-state index contributed by atoms with van der Waals surface area (Å²) in [6.45, 7) is 4.19. The van der Waals surface area contributed by atoms with E-state index < -0.39 is 0 Å². The van der Waals surface area contributed by atoms with E-state index in [-0.39, 0.29) is 17.9 Å². The molecule has 0 fully saturated rings. The fourth-order valence-electron chi connectivity index (χ4n) is 1.97. The fourth-order valence-corrected chi connectivity index (χ4v) is 1.97. The Bertz CT molecular complexity index is 639. The molecular formula is C18H21FN2O2. The van der Waals surface area contributed by atoms with Crippen molar-refractivity contribution in [3.63, 3.8) is 0 Å². The first-order chi connectivity index (χ1) is 11.0. The topological polar surface area (TPSA) is 41.6 Å². The molecule has 122 valence electrons. The molecule has 0 radical (unpaired) electrons. The highest BCUT2D eigenvalue weighted by Crippen LogP contribution is 2.19. The second kappa shape index (κ2) is 7.63. The van der Waals surface area contributed by atoms with E-state index in [1.54, 1.807) is 36.2 Å². The molecule has 2 aromatic rings. The molecule has 0 bridgehead atoms. The third kappa shape index (κ3) is 4.98. The minimum Gasteiger partial charge on any atom is -0.489 e. The van der Waals surface area contributed by atoms with Crippen molar-refractivity contribution in [3.05, 3.63) is 59.9 Å². The summed E-state index contributed by atoms with van der Waals surface area (Å²) in [7, 11) is 1.71. The van der Waals surface area contributed by atoms with E-state index in [0.29, 0.717) is 12.4 Å². The molecule has 0 spiro atoms. The fraction of sp³-hybridized carbons (Fsp3) is 0.278. The van der Waals surface area contributed by atoms with Gasteiger partial charge in [-0.3, -0.25) is 4.90 Å². The highest BCUT2D eigenvalue weighted by Gasteiger charge is 2.11. The number of nitrogens with zero attached hydrogens (tertiary/aromatic N) is 1. The summed E-state index contributed by atoms with van der Waals surface area (Å²) in [4.78, 5) is 13.5. The number of urea groups is 1. The number of amides is 2. The average Bonchev–Trinajstić information content (AvgIpc) is 2.53. The van der Waals surface area contributed by atoms with Crippen molar-refractivity contribution in [1.29, 1.82) is 0 Å². The summed E-state index contributed by atoms with van der Waals surface area (Å²) in [5, 5.41) is 2.83. The van der Waals surface area contributed by atoms with Crippen LogP contribution in [-0.2, 0) is 6.61 Å². The maximum absolute atomic E-state index is 12.8. The van der Waals surface area contributed by atoms with Crippen LogP contribution in [0.15, 0.2) is 48.5 Å². The van der Waals surface area contributed by atoms with Crippen LogP contribution >= 0.6 is 0 Å². The SMILES string of the molecule is CC(C)NC(=O)N(C)c1ccc(OCc2ccc(F)cc2)cc1. The standard InChI is InChI=1S/C18H21FN2O2/c1-13(2)20-18(22)21(3)16-8-10-17(11-9-16)23-12-14-4-6-15(19)7-5-14/h4-11,13H,12H2,1-3H3,(H,20,22). The average molecular weight is 316 g/mol. The number of carbonyl (C=O) groups is 1. The summed E-state index contributed by atoms with van der Waals surface area (Å²) >= 11 is 0. The zero-order valence-electron chi connectivity index (χ0n) is 13.5. The number of nitrogens with one attached hydrogen (secondary N) is 1. The van der Waals surface area contributed by atoms with Gasteiger partial charge in [0.25, 0.3) is 0 Å². The van der Waals surface area contributed by atoms with Crippen LogP contribution in [0, 0.1) is 5.82 Å². The second-order valence-electron chi connectivity index (χ2n) is 5.57. The zero-order chi connectivity index (χ0) is 16.8. The number of rotatable bonds is 5. The Balaban J connectivity index is 1.93. The van der Waals surface area contributed by atoms with Gasteiger partial charge in [0.2, 0.25) is 0 Å². The first-order valence-corrected chi connectivity index (χ1v) is 7.47. The Hall–Kier alpha value is -2.56. The zero-order valence-corrected chi connectivity index (χ0v) is 13.5. The van der Waals surface area contributed by atoms with Gasteiger partial charge >= 0.3 is 6.03 Å². The van der Waals surface area contributed by atoms with Gasteiger partial charge in [0, 0.05) is 18.8 Å². The summed E-state index contributed by atoms with van der Waals surface area (Å²) in [5.74, 6) is 0.427. The van der Waals surface area contributed by atoms with E-state index in [4.69, 9.17) is 4.74 Å². The first-order valence-electron chi connectivity index (χ1n) is 7.47. The van der Waals surface area contributed by atoms with Crippen LogP contribution in [0.25, 0.3) is 0 Å². The number of benzene rings is 2. The molecule has 5 heteroatoms. The van der Waals surface area contributed by atoms with Crippen molar-refractivity contribution in [2.75, 3.05) is 11.9 Å². The number of hydrogen-bond acceptors (Lipinski definition) is 2. The van der Waals surface area contributed by atoms with Gasteiger partial charge < -0.3 is 10.1 Å². The molecule has 2 rings (SSSR count). The van der Waals surface area contributed by atoms with Crippen LogP contribution in [-0.4, -0.2) is 19.1 Å². The summed E-state index contributed by atoms with van der Waals surface area (Å²) in [6.07, 6.45) is 0. The monoisotopic (exact) mass is 316 g/mol. The van der Waals surface area contributed by atoms with Crippen molar-refractivity contribution < 1.29 is 13.9 Å². The van der Waals surface area contributed by atoms with E-state index in [1.807, 2.05) is 26.0 Å². The Morgan fingerprint density at radius 1 is 1.13 bits per heavy atom. The molecule has 1 N–H and O–H groups in total. The smallest absolute Gasteiger partial charge is 0.321 e. The minimum atomic E-state index is -0.263. The van der Waals surface area contributed by atoms with Crippen LogP contribution in [0.5, 0.6) is 5.75 Å². The molecule has 23 heavy (non-hydrogen) atoms. The Morgan fingerprint density at radius 2 is 1.74 bits per heavy atom. The highest BCUT2D eigenvalue weighted by molar-refractivity contribution is 5.91. The maximum atomic E-state index is 12.8. The lowest BCUT2D eigenvalue weighted by atomic mass is 10.2. The van der Waals surface area contributed by atoms with Gasteiger partial charge in [0.1, 0.15) is 18.2 Å². The van der Waals surface area contributed by atoms with Gasteiger partial charge in [-0.05, 0) is 55.8 Å². The van der Waals surface area contributed by atoms with Crippen LogP contribution in [0.4, 0.5) is 14.9 Å². The Kier molecular flexibility index (Phi) is 5.57. The predicted octanol–water partition coefficient (Wildman–Crippen LogP) is 3.96. The molecule has 0 saturated carbocycles. The minimum absolute atomic E-state index is 0.0864. The lowest BCUT2D eigenvalue weighted by Crippen LogP contribution is -2.40. The molecular weight excluding hydrogens is 295 g/mol. The van der Waals surface area contributed by atoms with E-state index >= 15 is 0 Å². The lowest BCUT2D eigenvalue weighted by molar-refractivity contribution is 0.245. The van der Waals surface area contributed by atoms with Crippen molar-refractivity contribution in [1.82, 2.24) is 5.32 Å². The van der Waals surface area contributed by atoms with Gasteiger partial charge in [-0.15, -0.1) is 0 Å². The van der Waals surface area contributed by atoms with Crippen LogP contribution < -0.4 is 15.0 Å². The first kappa shape index (κ1) is 16.8. The number of hydrogen-bond donors (Lipinski definition) is 1. The van der Waals surface area contributed by atoms with Gasteiger partial charge in [0.15, 0.2) is 0 Å². The molecule has 0 aliphatic rings. The molecule has 0 atom stereocenters. The molecule has 0 saturated heterocycles. The molecule has 4 nitrogen and oxygen atoms in total. The van der Waals surface area contributed by atoms with Crippen molar-refractivity contribution in [2.45, 2.75) is 26.5 Å². The molecule has 0 aliphatic carbocycles. The Labute approximate surface area is 135 Å². The van der Waals surface area contributed by atoms with Crippen LogP contribution in [0.2, 0.25) is 0 Å². The van der Waals surface area contributed by atoms with Gasteiger partial charge in [-0.1, -0.05) is 12.1 Å². The number of ether oxygens (including phenoxy) is 1. The normalized spacial score (nSPS) is 10.5. The van der Waals surface area contributed by atoms with Crippen molar-refractivity contribution >= 4 is 11.7 Å². The molecule has 0 aromatic heterocycles. The summed E-state index contributed by atoms with van der Waals surface area (Å²) in [6, 6.07) is 13.4. The highest BCUT2D eigenvalue weighted by atomic mass is 19.1. The molecule has 2 amide bonds. The van der Waals surface area contributed by atoms with Gasteiger partial charge in [-0.2, -0.15) is 0 Å². The molecule has 0 heterocycles. The van der Waals surface area contributed by atoms with E-state index in [0.717, 1.165) is 11.3 Å². The Morgan fingerprint density at radius 3 is 2.30 bits per heavy atom. The van der Waals surface area contributed by atoms with Crippen LogP contribution in [0.3, 0.4) is 0 Å². The number of anilines is 1. The lowest BCUT2D eigenvalue weighted by Gasteiger charge is -2.20. The molecule has 0 unspecified atom stereocenters. The van der Waals surface area contributed by atoms with Gasteiger partial charge in [0.05, 0.1) is 0 Å². The van der Waals surface area contributed by atoms with Gasteiger partial charge in [-0.25, -0.2) is 9.18 Å². The third-order valence-electron chi connectivity index (χ3n) is 3.26.